The fourth-order valence-corrected chi connectivity index (χ4v) is 1.36. The van der Waals surface area contributed by atoms with Crippen LogP contribution in [-0.4, -0.2) is 34.6 Å². The largest absolute Gasteiger partial charge is 0.473 e. The van der Waals surface area contributed by atoms with Gasteiger partial charge in [-0.3, -0.25) is 10.1 Å². The van der Waals surface area contributed by atoms with Crippen LogP contribution in [0.5, 0.6) is 5.88 Å². The summed E-state index contributed by atoms with van der Waals surface area (Å²) in [5, 5.41) is 28.4. The van der Waals surface area contributed by atoms with E-state index in [0.717, 1.165) is 6.33 Å². The molecule has 0 aliphatic heterocycles. The van der Waals surface area contributed by atoms with Gasteiger partial charge in [-0.2, -0.15) is 15.5 Å². The second-order valence-corrected chi connectivity index (χ2v) is 3.21. The van der Waals surface area contributed by atoms with Gasteiger partial charge in [0.25, 0.3) is 5.88 Å². The maximum absolute atomic E-state index is 11.1. The number of anilines is 1. The molecule has 0 aliphatic carbocycles. The van der Waals surface area contributed by atoms with E-state index in [2.05, 4.69) is 9.97 Å². The minimum atomic E-state index is -0.692. The summed E-state index contributed by atoms with van der Waals surface area (Å²) in [5.74, 6) is -0.287. The van der Waals surface area contributed by atoms with E-state index in [0.29, 0.717) is 0 Å². The highest BCUT2D eigenvalue weighted by Crippen LogP contribution is 2.33. The molecule has 1 heterocycles. The maximum Gasteiger partial charge on any atom is 0.373 e. The highest BCUT2D eigenvalue weighted by atomic mass is 16.6. The Morgan fingerprint density at radius 3 is 2.53 bits per heavy atom. The molecule has 0 N–H and O–H groups in total. The van der Waals surface area contributed by atoms with E-state index in [9.17, 15) is 10.1 Å². The lowest BCUT2D eigenvalue weighted by atomic mass is 10.4. The molecule has 9 heteroatoms. The highest BCUT2D eigenvalue weighted by molar-refractivity contribution is 5.63. The van der Waals surface area contributed by atoms with Crippen molar-refractivity contribution in [3.05, 3.63) is 16.4 Å². The van der Waals surface area contributed by atoms with Crippen LogP contribution in [0.4, 0.5) is 11.5 Å². The topological polar surface area (TPSA) is 129 Å². The molecule has 0 radical (unpaired) electrons. The van der Waals surface area contributed by atoms with Crippen LogP contribution in [0.25, 0.3) is 0 Å². The van der Waals surface area contributed by atoms with E-state index >= 15 is 0 Å². The van der Waals surface area contributed by atoms with Crippen molar-refractivity contribution >= 4 is 11.5 Å². The third-order valence-electron chi connectivity index (χ3n) is 2.06. The molecule has 0 saturated carbocycles. The molecule has 0 fully saturated rings. The normalized spacial score (nSPS) is 9.21. The number of rotatable bonds is 6. The summed E-state index contributed by atoms with van der Waals surface area (Å²) >= 11 is 0. The predicted octanol–water partition coefficient (Wildman–Crippen LogP) is 0.637. The van der Waals surface area contributed by atoms with Crippen molar-refractivity contribution < 1.29 is 9.66 Å². The molecule has 0 atom stereocenters. The second kappa shape index (κ2) is 6.71. The van der Waals surface area contributed by atoms with Gasteiger partial charge in [0.1, 0.15) is 19.4 Å². The van der Waals surface area contributed by atoms with E-state index < -0.39 is 10.6 Å². The zero-order valence-electron chi connectivity index (χ0n) is 10.1. The lowest BCUT2D eigenvalue weighted by Gasteiger charge is -2.16. The molecule has 0 unspecified atom stereocenters. The van der Waals surface area contributed by atoms with E-state index in [4.69, 9.17) is 15.3 Å². The van der Waals surface area contributed by atoms with Crippen molar-refractivity contribution in [2.45, 2.75) is 6.92 Å². The molecule has 0 saturated heterocycles. The smallest absolute Gasteiger partial charge is 0.373 e. The average Bonchev–Trinajstić information content (AvgIpc) is 2.38. The van der Waals surface area contributed by atoms with E-state index in [1.807, 2.05) is 12.1 Å². The zero-order chi connectivity index (χ0) is 14.3. The number of nitriles is 2. The van der Waals surface area contributed by atoms with E-state index in [1.54, 1.807) is 6.92 Å². The van der Waals surface area contributed by atoms with Crippen LogP contribution in [0.3, 0.4) is 0 Å². The van der Waals surface area contributed by atoms with E-state index in [-0.39, 0.29) is 31.4 Å². The lowest BCUT2D eigenvalue weighted by Crippen LogP contribution is -2.26. The Morgan fingerprint density at radius 2 is 2.05 bits per heavy atom. The van der Waals surface area contributed by atoms with E-state index in [1.165, 1.54) is 4.90 Å². The van der Waals surface area contributed by atoms with Gasteiger partial charge in [-0.1, -0.05) is 0 Å². The Balaban J connectivity index is 3.32. The molecular formula is C10H10N6O3. The van der Waals surface area contributed by atoms with Crippen LogP contribution in [0, 0.1) is 32.8 Å². The second-order valence-electron chi connectivity index (χ2n) is 3.21. The van der Waals surface area contributed by atoms with Crippen LogP contribution in [0.2, 0.25) is 0 Å². The molecular weight excluding hydrogens is 252 g/mol. The Labute approximate surface area is 108 Å². The first-order valence-corrected chi connectivity index (χ1v) is 5.26. The first kappa shape index (κ1) is 14.1. The number of ether oxygens (including phenoxy) is 1. The Kier molecular flexibility index (Phi) is 4.99. The average molecular weight is 262 g/mol. The Hall–Kier alpha value is -2.94. The van der Waals surface area contributed by atoms with Crippen molar-refractivity contribution in [3.63, 3.8) is 0 Å². The standard InChI is InChI=1S/C10H10N6O3/c1-2-19-10-8(16(17)18)9(13-7-14-10)15(5-3-11)6-4-12/h7H,2,5-6H2,1H3. The third-order valence-corrected chi connectivity index (χ3v) is 2.06. The number of hydrogen-bond donors (Lipinski definition) is 0. The molecule has 0 amide bonds. The summed E-state index contributed by atoms with van der Waals surface area (Å²) in [5.41, 5.74) is -0.449. The number of hydrogen-bond acceptors (Lipinski definition) is 8. The number of nitrogens with zero attached hydrogens (tertiary/aromatic N) is 6. The summed E-state index contributed by atoms with van der Waals surface area (Å²) in [4.78, 5) is 19.0. The molecule has 1 aromatic rings. The van der Waals surface area contributed by atoms with Crippen LogP contribution in [0.15, 0.2) is 6.33 Å². The Bertz CT molecular complexity index is 531. The van der Waals surface area contributed by atoms with Crippen molar-refractivity contribution in [1.82, 2.24) is 9.97 Å². The van der Waals surface area contributed by atoms with Crippen LogP contribution >= 0.6 is 0 Å². The molecule has 1 rings (SSSR count). The molecule has 0 bridgehead atoms. The highest BCUT2D eigenvalue weighted by Gasteiger charge is 2.28. The monoisotopic (exact) mass is 262 g/mol. The summed E-state index contributed by atoms with van der Waals surface area (Å²) in [6, 6.07) is 3.64. The van der Waals surface area contributed by atoms with Gasteiger partial charge in [0.2, 0.25) is 5.82 Å². The van der Waals surface area contributed by atoms with Crippen LogP contribution in [-0.2, 0) is 0 Å². The quantitative estimate of drug-likeness (QED) is 0.414. The SMILES string of the molecule is CCOc1ncnc(N(CC#N)CC#N)c1[N+](=O)[O-]. The van der Waals surface area contributed by atoms with Crippen LogP contribution in [0.1, 0.15) is 6.92 Å². The van der Waals surface area contributed by atoms with Crippen molar-refractivity contribution in [3.8, 4) is 18.0 Å². The first-order valence-electron chi connectivity index (χ1n) is 5.26. The first-order chi connectivity index (χ1) is 9.15. The van der Waals surface area contributed by atoms with Gasteiger partial charge in [0.05, 0.1) is 23.7 Å². The van der Waals surface area contributed by atoms with Gasteiger partial charge in [-0.25, -0.2) is 4.98 Å². The van der Waals surface area contributed by atoms with Crippen molar-refractivity contribution in [2.24, 2.45) is 0 Å². The third kappa shape index (κ3) is 3.26. The summed E-state index contributed by atoms with van der Waals surface area (Å²) in [6.45, 7) is 1.47. The minimum Gasteiger partial charge on any atom is -0.473 e. The van der Waals surface area contributed by atoms with Gasteiger partial charge in [0.15, 0.2) is 0 Å². The molecule has 0 aromatic carbocycles. The summed E-state index contributed by atoms with van der Waals surface area (Å²) in [6.07, 6.45) is 1.09. The Morgan fingerprint density at radius 1 is 1.42 bits per heavy atom. The number of aromatic nitrogens is 2. The fourth-order valence-electron chi connectivity index (χ4n) is 1.36. The number of nitro groups is 1. The zero-order valence-corrected chi connectivity index (χ0v) is 10.1. The molecule has 0 aliphatic rings. The van der Waals surface area contributed by atoms with Crippen LogP contribution < -0.4 is 9.64 Å². The lowest BCUT2D eigenvalue weighted by molar-refractivity contribution is -0.385. The molecule has 0 spiro atoms. The van der Waals surface area contributed by atoms with Gasteiger partial charge >= 0.3 is 5.69 Å². The minimum absolute atomic E-state index is 0.105. The fraction of sp³-hybridized carbons (Fsp3) is 0.400. The van der Waals surface area contributed by atoms with Crippen molar-refractivity contribution in [1.29, 1.82) is 10.5 Å². The van der Waals surface area contributed by atoms with Gasteiger partial charge in [-0.05, 0) is 6.92 Å². The molecule has 1 aromatic heterocycles. The van der Waals surface area contributed by atoms with Gasteiger partial charge in [-0.15, -0.1) is 0 Å². The summed E-state index contributed by atoms with van der Waals surface area (Å²) < 4.78 is 5.06. The molecule has 19 heavy (non-hydrogen) atoms. The van der Waals surface area contributed by atoms with Gasteiger partial charge < -0.3 is 9.64 Å². The van der Waals surface area contributed by atoms with Gasteiger partial charge in [0, 0.05) is 0 Å². The van der Waals surface area contributed by atoms with Crippen molar-refractivity contribution in [2.75, 3.05) is 24.6 Å². The summed E-state index contributed by atoms with van der Waals surface area (Å²) in [7, 11) is 0. The molecule has 9 nitrogen and oxygen atoms in total. The predicted molar refractivity (Wildman–Crippen MR) is 63.3 cm³/mol. The molecule has 98 valence electrons. The maximum atomic E-state index is 11.1.